The SMILES string of the molecule is COC(=O)[C@H]1[C@H](C)[C@H](O)[C@H](C)[C@@H](O)[C@@H](C)C=CC=C(C)C(=O)Nc2cc(O)c3c4c(c(C)c(O)c3c2O)O[C@](C)(OC=C[C@H](OC)[C@H]1C)C4=O. The third kappa shape index (κ3) is 6.77. The normalized spacial score (nSPS) is 30.9. The molecule has 13 heteroatoms. The van der Waals surface area contributed by atoms with Crippen LogP contribution in [-0.4, -0.2) is 81.5 Å². The number of benzene rings is 2. The lowest BCUT2D eigenvalue weighted by atomic mass is 9.73. The number of anilines is 1. The van der Waals surface area contributed by atoms with Gasteiger partial charge in [-0.2, -0.15) is 0 Å². The van der Waals surface area contributed by atoms with E-state index in [1.54, 1.807) is 39.8 Å². The number of fused-ring (bicyclic) bond motifs is 14. The van der Waals surface area contributed by atoms with Gasteiger partial charge in [-0.25, -0.2) is 0 Å². The van der Waals surface area contributed by atoms with E-state index >= 15 is 0 Å². The number of carbonyl (C=O) groups excluding carboxylic acids is 3. The summed E-state index contributed by atoms with van der Waals surface area (Å²) in [6.07, 6.45) is 4.39. The first-order valence-electron chi connectivity index (χ1n) is 16.4. The number of hydrogen-bond acceptors (Lipinski definition) is 12. The first kappa shape index (κ1) is 38.2. The van der Waals surface area contributed by atoms with E-state index in [1.165, 1.54) is 53.4 Å². The van der Waals surface area contributed by atoms with Crippen molar-refractivity contribution in [1.82, 2.24) is 0 Å². The molecule has 3 heterocycles. The van der Waals surface area contributed by atoms with E-state index in [0.717, 1.165) is 6.07 Å². The minimum absolute atomic E-state index is 0.0736. The molecule has 2 aromatic carbocycles. The molecule has 3 aliphatic rings. The Balaban J connectivity index is 1.88. The highest BCUT2D eigenvalue weighted by atomic mass is 16.7. The van der Waals surface area contributed by atoms with Gasteiger partial charge in [-0.15, -0.1) is 0 Å². The number of ether oxygens (including phenoxy) is 4. The Morgan fingerprint density at radius 1 is 0.920 bits per heavy atom. The van der Waals surface area contributed by atoms with Crippen LogP contribution in [0.4, 0.5) is 5.69 Å². The number of aliphatic hydroxyl groups excluding tert-OH is 2. The van der Waals surface area contributed by atoms with Crippen molar-refractivity contribution < 1.29 is 58.9 Å². The molecule has 6 N–H and O–H groups in total. The lowest BCUT2D eigenvalue weighted by molar-refractivity contribution is -0.155. The van der Waals surface area contributed by atoms with Gasteiger partial charge in [-0.05, 0) is 31.8 Å². The second-order valence-electron chi connectivity index (χ2n) is 13.4. The van der Waals surface area contributed by atoms with Crippen molar-refractivity contribution in [2.24, 2.45) is 29.6 Å². The first-order valence-corrected chi connectivity index (χ1v) is 16.4. The Hall–Kier alpha value is -4.59. The average Bonchev–Trinajstić information content (AvgIpc) is 3.34. The second-order valence-corrected chi connectivity index (χ2v) is 13.4. The molecule has 0 unspecified atom stereocenters. The molecule has 9 atom stereocenters. The van der Waals surface area contributed by atoms with Crippen LogP contribution in [0.5, 0.6) is 23.0 Å². The van der Waals surface area contributed by atoms with Gasteiger partial charge in [0.05, 0.1) is 54.2 Å². The lowest BCUT2D eigenvalue weighted by Crippen LogP contribution is -2.45. The standard InChI is InChI=1S/C37H47NO12/c1-16-11-10-12-17(2)35(45)38-22-15-23(39)26-27(32(22)43)31(42)21(6)33-28(26)34(44)37(7,50-33)49-14-13-24(47-8)18(3)25(36(46)48-9)19(4)30(41)20(5)29(16)40/h10-16,18-20,24-25,29-30,39-43H,1-9H3,(H,38,45)/t16-,18+,19-,20+,24-,25+,29-,30-,37-/m0/s1. The Labute approximate surface area is 290 Å². The number of methoxy groups -OCH3 is 2. The number of rotatable bonds is 2. The van der Waals surface area contributed by atoms with Gasteiger partial charge in [-0.1, -0.05) is 45.9 Å². The molecule has 5 bridgehead atoms. The van der Waals surface area contributed by atoms with E-state index < -0.39 is 88.6 Å². The molecular formula is C37H47NO12. The molecule has 1 amide bonds. The van der Waals surface area contributed by atoms with Crippen LogP contribution >= 0.6 is 0 Å². The number of amides is 1. The number of phenols is 3. The predicted octanol–water partition coefficient (Wildman–Crippen LogP) is 4.61. The zero-order valence-corrected chi connectivity index (χ0v) is 29.7. The van der Waals surface area contributed by atoms with Crippen LogP contribution in [0.3, 0.4) is 0 Å². The molecule has 5 rings (SSSR count). The Kier molecular flexibility index (Phi) is 11.2. The molecule has 50 heavy (non-hydrogen) atoms. The number of esters is 1. The molecule has 3 aliphatic heterocycles. The van der Waals surface area contributed by atoms with Crippen molar-refractivity contribution in [3.05, 3.63) is 53.3 Å². The highest BCUT2D eigenvalue weighted by molar-refractivity contribution is 6.21. The van der Waals surface area contributed by atoms with Crippen molar-refractivity contribution >= 4 is 34.1 Å². The van der Waals surface area contributed by atoms with E-state index in [9.17, 15) is 39.9 Å². The molecule has 272 valence electrons. The predicted molar refractivity (Wildman–Crippen MR) is 184 cm³/mol. The monoisotopic (exact) mass is 697 g/mol. The quantitative estimate of drug-likeness (QED) is 0.145. The summed E-state index contributed by atoms with van der Waals surface area (Å²) in [7, 11) is 2.66. The summed E-state index contributed by atoms with van der Waals surface area (Å²) in [5.41, 5.74) is -0.105. The minimum atomic E-state index is -1.99. The summed E-state index contributed by atoms with van der Waals surface area (Å²) < 4.78 is 22.6. The van der Waals surface area contributed by atoms with E-state index in [0.29, 0.717) is 0 Å². The van der Waals surface area contributed by atoms with Gasteiger partial charge >= 0.3 is 11.8 Å². The fourth-order valence-electron chi connectivity index (χ4n) is 6.84. The van der Waals surface area contributed by atoms with Gasteiger partial charge in [-0.3, -0.25) is 14.4 Å². The number of hydrogen-bond donors (Lipinski definition) is 6. The van der Waals surface area contributed by atoms with Crippen molar-refractivity contribution in [1.29, 1.82) is 0 Å². The number of ketones is 1. The molecule has 0 radical (unpaired) electrons. The maximum Gasteiger partial charge on any atom is 0.312 e. The number of nitrogens with one attached hydrogen (secondary N) is 1. The summed E-state index contributed by atoms with van der Waals surface area (Å²) in [6, 6.07) is 1.06. The van der Waals surface area contributed by atoms with Crippen LogP contribution in [0.15, 0.2) is 42.2 Å². The fraction of sp³-hybridized carbons (Fsp3) is 0.486. The number of Topliss-reactive ketones (excluding diaryl/α,β-unsaturated/α-hetero) is 1. The minimum Gasteiger partial charge on any atom is -0.507 e. The number of carbonyl (C=O) groups is 3. The summed E-state index contributed by atoms with van der Waals surface area (Å²) >= 11 is 0. The number of phenolic OH excluding ortho intramolecular Hbond substituents is 3. The number of allylic oxidation sites excluding steroid dienone is 2. The van der Waals surface area contributed by atoms with Gasteiger partial charge < -0.3 is 49.8 Å². The van der Waals surface area contributed by atoms with Crippen molar-refractivity contribution in [2.75, 3.05) is 19.5 Å². The van der Waals surface area contributed by atoms with Gasteiger partial charge in [0.15, 0.2) is 5.75 Å². The maximum atomic E-state index is 13.9. The fourth-order valence-corrected chi connectivity index (χ4v) is 6.84. The molecule has 0 saturated heterocycles. The zero-order valence-electron chi connectivity index (χ0n) is 29.7. The highest BCUT2D eigenvalue weighted by Gasteiger charge is 2.49. The maximum absolute atomic E-state index is 13.9. The van der Waals surface area contributed by atoms with E-state index in [4.69, 9.17) is 18.9 Å². The number of aromatic hydroxyl groups is 3. The second kappa shape index (κ2) is 14.7. The van der Waals surface area contributed by atoms with Gasteiger partial charge in [0.25, 0.3) is 11.7 Å². The Bertz CT molecular complexity index is 1760. The van der Waals surface area contributed by atoms with E-state index in [2.05, 4.69) is 5.32 Å². The van der Waals surface area contributed by atoms with Gasteiger partial charge in [0, 0.05) is 48.5 Å². The van der Waals surface area contributed by atoms with Crippen LogP contribution in [0.1, 0.15) is 57.5 Å². The lowest BCUT2D eigenvalue weighted by Gasteiger charge is -2.37. The smallest absolute Gasteiger partial charge is 0.312 e. The molecule has 0 aromatic heterocycles. The molecule has 0 aliphatic carbocycles. The van der Waals surface area contributed by atoms with Gasteiger partial charge in [0.2, 0.25) is 0 Å². The van der Waals surface area contributed by atoms with E-state index in [1.807, 2.05) is 0 Å². The summed E-state index contributed by atoms with van der Waals surface area (Å²) in [4.78, 5) is 40.2. The number of aliphatic hydroxyl groups is 2. The summed E-state index contributed by atoms with van der Waals surface area (Å²) in [5.74, 6) is -9.04. The molecule has 13 nitrogen and oxygen atoms in total. The zero-order chi connectivity index (χ0) is 37.4. The van der Waals surface area contributed by atoms with Crippen LogP contribution in [0.2, 0.25) is 0 Å². The third-order valence-electron chi connectivity index (χ3n) is 10.1. The van der Waals surface area contributed by atoms with Gasteiger partial charge in [0.1, 0.15) is 17.2 Å². The van der Waals surface area contributed by atoms with Crippen LogP contribution < -0.4 is 10.1 Å². The third-order valence-corrected chi connectivity index (χ3v) is 10.1. The molecule has 0 spiro atoms. The molecule has 0 saturated carbocycles. The van der Waals surface area contributed by atoms with Crippen molar-refractivity contribution in [2.45, 2.75) is 72.6 Å². The van der Waals surface area contributed by atoms with Crippen molar-refractivity contribution in [3.8, 4) is 23.0 Å². The van der Waals surface area contributed by atoms with Crippen LogP contribution in [0.25, 0.3) is 10.8 Å². The molecule has 0 fully saturated rings. The Morgan fingerprint density at radius 3 is 2.20 bits per heavy atom. The molecule has 2 aromatic rings. The van der Waals surface area contributed by atoms with Crippen LogP contribution in [-0.2, 0) is 23.8 Å². The largest absolute Gasteiger partial charge is 0.507 e. The first-order chi connectivity index (χ1) is 23.4. The topological polar surface area (TPSA) is 201 Å². The molecular weight excluding hydrogens is 650 g/mol. The Morgan fingerprint density at radius 2 is 1.58 bits per heavy atom. The average molecular weight is 698 g/mol. The summed E-state index contributed by atoms with van der Waals surface area (Å²) in [5, 5.41) is 58.2. The van der Waals surface area contributed by atoms with Crippen LogP contribution in [0, 0.1) is 36.5 Å². The summed E-state index contributed by atoms with van der Waals surface area (Å²) in [6.45, 7) is 11.2. The highest BCUT2D eigenvalue weighted by Crippen LogP contribution is 2.53. The van der Waals surface area contributed by atoms with E-state index in [-0.39, 0.29) is 38.9 Å². The van der Waals surface area contributed by atoms with Crippen molar-refractivity contribution in [3.63, 3.8) is 0 Å².